The number of rotatable bonds is 7. The first-order valence-corrected chi connectivity index (χ1v) is 7.16. The molecule has 1 aromatic heterocycles. The van der Waals surface area contributed by atoms with Crippen LogP contribution < -0.4 is 5.32 Å². The van der Waals surface area contributed by atoms with Crippen molar-refractivity contribution in [2.24, 2.45) is 0 Å². The molecule has 0 unspecified atom stereocenters. The zero-order chi connectivity index (χ0) is 15.3. The summed E-state index contributed by atoms with van der Waals surface area (Å²) in [5, 5.41) is 11.5. The second kappa shape index (κ2) is 6.83. The molecular weight excluding hydrogens is 266 g/mol. The zero-order valence-corrected chi connectivity index (χ0v) is 13.1. The molecule has 5 nitrogen and oxygen atoms in total. The van der Waals surface area contributed by atoms with Gasteiger partial charge in [-0.25, -0.2) is 0 Å². The number of methoxy groups -OCH3 is 1. The van der Waals surface area contributed by atoms with E-state index in [4.69, 9.17) is 9.15 Å². The summed E-state index contributed by atoms with van der Waals surface area (Å²) in [5.74, 6) is 1.15. The maximum Gasteiger partial charge on any atom is 0.247 e. The second-order valence-electron chi connectivity index (χ2n) is 5.82. The second-order valence-corrected chi connectivity index (χ2v) is 5.82. The highest BCUT2D eigenvalue weighted by atomic mass is 16.5. The number of nitrogens with one attached hydrogen (secondary N) is 1. The van der Waals surface area contributed by atoms with E-state index in [0.717, 1.165) is 12.0 Å². The van der Waals surface area contributed by atoms with Crippen molar-refractivity contribution in [1.82, 2.24) is 15.5 Å². The smallest absolute Gasteiger partial charge is 0.247 e. The number of aromatic nitrogens is 2. The number of nitrogens with zero attached hydrogens (tertiary/aromatic N) is 2. The Bertz CT molecular complexity index is 552. The van der Waals surface area contributed by atoms with E-state index in [2.05, 4.69) is 36.3 Å². The van der Waals surface area contributed by atoms with E-state index in [1.54, 1.807) is 7.11 Å². The van der Waals surface area contributed by atoms with E-state index < -0.39 is 0 Å². The summed E-state index contributed by atoms with van der Waals surface area (Å²) in [6.07, 6.45) is 0.906. The van der Waals surface area contributed by atoms with Crippen molar-refractivity contribution in [3.8, 4) is 11.5 Å². The van der Waals surface area contributed by atoms with Crippen LogP contribution in [0.15, 0.2) is 34.7 Å². The molecule has 0 fully saturated rings. The van der Waals surface area contributed by atoms with Crippen LogP contribution in [0.4, 0.5) is 0 Å². The van der Waals surface area contributed by atoms with Crippen LogP contribution >= 0.6 is 0 Å². The van der Waals surface area contributed by atoms with Crippen LogP contribution in [0.25, 0.3) is 11.5 Å². The predicted octanol–water partition coefficient (Wildman–Crippen LogP) is 3.03. The molecule has 0 aliphatic heterocycles. The molecule has 2 rings (SSSR count). The SMILES string of the molecule is COC(C)(C)C[C@H](C)NCc1nnc(-c2ccccc2)o1. The summed E-state index contributed by atoms with van der Waals surface area (Å²) >= 11 is 0. The molecule has 114 valence electrons. The minimum Gasteiger partial charge on any atom is -0.419 e. The summed E-state index contributed by atoms with van der Waals surface area (Å²) in [4.78, 5) is 0. The maximum absolute atomic E-state index is 5.66. The highest BCUT2D eigenvalue weighted by Crippen LogP contribution is 2.18. The van der Waals surface area contributed by atoms with Crippen LogP contribution in [0.3, 0.4) is 0 Å². The lowest BCUT2D eigenvalue weighted by atomic mass is 10.00. The first-order valence-electron chi connectivity index (χ1n) is 7.16. The molecule has 0 aliphatic rings. The first kappa shape index (κ1) is 15.7. The summed E-state index contributed by atoms with van der Waals surface area (Å²) in [7, 11) is 1.73. The normalized spacial score (nSPS) is 13.3. The molecule has 1 N–H and O–H groups in total. The highest BCUT2D eigenvalue weighted by molar-refractivity contribution is 5.51. The van der Waals surface area contributed by atoms with Crippen LogP contribution in [0.5, 0.6) is 0 Å². The van der Waals surface area contributed by atoms with Gasteiger partial charge in [-0.2, -0.15) is 0 Å². The Morgan fingerprint density at radius 1 is 1.24 bits per heavy atom. The Morgan fingerprint density at radius 3 is 2.62 bits per heavy atom. The van der Waals surface area contributed by atoms with Crippen molar-refractivity contribution in [2.45, 2.75) is 45.4 Å². The Labute approximate surface area is 125 Å². The summed E-state index contributed by atoms with van der Waals surface area (Å²) < 4.78 is 11.1. The number of hydrogen-bond donors (Lipinski definition) is 1. The van der Waals surface area contributed by atoms with Crippen molar-refractivity contribution in [2.75, 3.05) is 7.11 Å². The Kier molecular flexibility index (Phi) is 5.09. The third-order valence-corrected chi connectivity index (χ3v) is 3.44. The van der Waals surface area contributed by atoms with Gasteiger partial charge < -0.3 is 14.5 Å². The van der Waals surface area contributed by atoms with E-state index in [9.17, 15) is 0 Å². The van der Waals surface area contributed by atoms with Crippen LogP contribution in [0, 0.1) is 0 Å². The largest absolute Gasteiger partial charge is 0.419 e. The predicted molar refractivity (Wildman–Crippen MR) is 81.7 cm³/mol. The van der Waals surface area contributed by atoms with E-state index in [1.165, 1.54) is 0 Å². The van der Waals surface area contributed by atoms with Gasteiger partial charge in [0.1, 0.15) is 0 Å². The van der Waals surface area contributed by atoms with Crippen molar-refractivity contribution in [3.05, 3.63) is 36.2 Å². The molecule has 2 aromatic rings. The van der Waals surface area contributed by atoms with E-state index in [0.29, 0.717) is 24.4 Å². The highest BCUT2D eigenvalue weighted by Gasteiger charge is 2.20. The third-order valence-electron chi connectivity index (χ3n) is 3.44. The molecule has 1 heterocycles. The number of hydrogen-bond acceptors (Lipinski definition) is 5. The van der Waals surface area contributed by atoms with Gasteiger partial charge in [0, 0.05) is 18.7 Å². The minimum absolute atomic E-state index is 0.142. The van der Waals surface area contributed by atoms with Crippen LogP contribution in [0.2, 0.25) is 0 Å². The van der Waals surface area contributed by atoms with E-state index in [-0.39, 0.29) is 5.60 Å². The molecule has 0 amide bonds. The Morgan fingerprint density at radius 2 is 1.95 bits per heavy atom. The van der Waals surface area contributed by atoms with Crippen molar-refractivity contribution in [1.29, 1.82) is 0 Å². The lowest BCUT2D eigenvalue weighted by Crippen LogP contribution is -2.35. The van der Waals surface area contributed by atoms with E-state index in [1.807, 2.05) is 30.3 Å². The maximum atomic E-state index is 5.66. The summed E-state index contributed by atoms with van der Waals surface area (Å²) in [6.45, 7) is 6.83. The van der Waals surface area contributed by atoms with Gasteiger partial charge in [-0.1, -0.05) is 18.2 Å². The van der Waals surface area contributed by atoms with Gasteiger partial charge >= 0.3 is 0 Å². The van der Waals surface area contributed by atoms with Gasteiger partial charge in [0.2, 0.25) is 11.8 Å². The molecule has 0 saturated heterocycles. The summed E-state index contributed by atoms with van der Waals surface area (Å²) in [6, 6.07) is 10.1. The van der Waals surface area contributed by atoms with Crippen LogP contribution in [0.1, 0.15) is 33.1 Å². The van der Waals surface area contributed by atoms with E-state index >= 15 is 0 Å². The lowest BCUT2D eigenvalue weighted by molar-refractivity contribution is 0.00828. The zero-order valence-electron chi connectivity index (χ0n) is 13.1. The quantitative estimate of drug-likeness (QED) is 0.849. The first-order chi connectivity index (χ1) is 10.00. The van der Waals surface area contributed by atoms with Gasteiger partial charge in [-0.3, -0.25) is 0 Å². The topological polar surface area (TPSA) is 60.2 Å². The molecular formula is C16H23N3O2. The lowest BCUT2D eigenvalue weighted by Gasteiger charge is -2.26. The van der Waals surface area contributed by atoms with Crippen molar-refractivity contribution >= 4 is 0 Å². The molecule has 0 spiro atoms. The minimum atomic E-state index is -0.142. The standard InChI is InChI=1S/C16H23N3O2/c1-12(10-16(2,3)20-4)17-11-14-18-19-15(21-14)13-8-6-5-7-9-13/h5-9,12,17H,10-11H2,1-4H3/t12-/m0/s1. The number of ether oxygens (including phenoxy) is 1. The average Bonchev–Trinajstić information content (AvgIpc) is 2.95. The molecule has 0 aliphatic carbocycles. The van der Waals surface area contributed by atoms with Crippen molar-refractivity contribution < 1.29 is 9.15 Å². The van der Waals surface area contributed by atoms with Gasteiger partial charge in [-0.15, -0.1) is 10.2 Å². The average molecular weight is 289 g/mol. The molecule has 0 bridgehead atoms. The molecule has 1 aromatic carbocycles. The molecule has 5 heteroatoms. The van der Waals surface area contributed by atoms with Crippen LogP contribution in [-0.2, 0) is 11.3 Å². The van der Waals surface area contributed by atoms with Gasteiger partial charge in [0.15, 0.2) is 0 Å². The fraction of sp³-hybridized carbons (Fsp3) is 0.500. The Hall–Kier alpha value is -1.72. The molecule has 0 radical (unpaired) electrons. The summed E-state index contributed by atoms with van der Waals surface area (Å²) in [5.41, 5.74) is 0.793. The fourth-order valence-electron chi connectivity index (χ4n) is 2.18. The van der Waals surface area contributed by atoms with Crippen LogP contribution in [-0.4, -0.2) is 29.0 Å². The van der Waals surface area contributed by atoms with Gasteiger partial charge in [-0.05, 0) is 39.3 Å². The molecule has 0 saturated carbocycles. The number of benzene rings is 1. The van der Waals surface area contributed by atoms with Crippen molar-refractivity contribution in [3.63, 3.8) is 0 Å². The Balaban J connectivity index is 1.89. The monoisotopic (exact) mass is 289 g/mol. The third kappa shape index (κ3) is 4.65. The fourth-order valence-corrected chi connectivity index (χ4v) is 2.18. The molecule has 1 atom stereocenters. The molecule has 21 heavy (non-hydrogen) atoms. The van der Waals surface area contributed by atoms with Gasteiger partial charge in [0.05, 0.1) is 12.1 Å². The van der Waals surface area contributed by atoms with Gasteiger partial charge in [0.25, 0.3) is 0 Å².